The molecule has 0 heterocycles. The maximum atomic E-state index is 12.2. The lowest BCUT2D eigenvalue weighted by Crippen LogP contribution is -2.13. The van der Waals surface area contributed by atoms with Crippen LogP contribution >= 0.6 is 11.6 Å². The molecule has 2 N–H and O–H groups in total. The molecule has 0 aliphatic carbocycles. The summed E-state index contributed by atoms with van der Waals surface area (Å²) in [5.41, 5.74) is 2.85. The fourth-order valence-electron chi connectivity index (χ4n) is 2.05. The minimum Gasteiger partial charge on any atom is -0.478 e. The Hall–Kier alpha value is -2.59. The molecule has 4 nitrogen and oxygen atoms in total. The van der Waals surface area contributed by atoms with Crippen LogP contribution in [0, 0.1) is 6.92 Å². The van der Waals surface area contributed by atoms with E-state index in [0.29, 0.717) is 5.57 Å². The zero-order chi connectivity index (χ0) is 17.0. The number of hydrogen-bond acceptors (Lipinski definition) is 2. The summed E-state index contributed by atoms with van der Waals surface area (Å²) in [6.07, 6.45) is 1.76. The van der Waals surface area contributed by atoms with Crippen LogP contribution in [-0.2, 0) is 4.79 Å². The highest BCUT2D eigenvalue weighted by Crippen LogP contribution is 2.24. The van der Waals surface area contributed by atoms with Crippen LogP contribution in [0.2, 0.25) is 5.02 Å². The van der Waals surface area contributed by atoms with Gasteiger partial charge in [0.2, 0.25) is 0 Å². The molecule has 23 heavy (non-hydrogen) atoms. The Bertz CT molecular complexity index is 797. The Labute approximate surface area is 139 Å². The topological polar surface area (TPSA) is 66.4 Å². The Morgan fingerprint density at radius 3 is 2.57 bits per heavy atom. The number of aromatic carboxylic acids is 1. The molecule has 118 valence electrons. The third-order valence-corrected chi connectivity index (χ3v) is 3.57. The van der Waals surface area contributed by atoms with Gasteiger partial charge in [-0.3, -0.25) is 4.79 Å². The molecule has 0 bridgehead atoms. The molecular weight excluding hydrogens is 314 g/mol. The van der Waals surface area contributed by atoms with Gasteiger partial charge in [0.05, 0.1) is 16.3 Å². The molecule has 0 spiro atoms. The van der Waals surface area contributed by atoms with E-state index in [0.717, 1.165) is 11.1 Å². The Morgan fingerprint density at radius 1 is 1.17 bits per heavy atom. The second-order valence-corrected chi connectivity index (χ2v) is 5.60. The Kier molecular flexibility index (Phi) is 5.19. The van der Waals surface area contributed by atoms with Gasteiger partial charge >= 0.3 is 5.97 Å². The van der Waals surface area contributed by atoms with Crippen molar-refractivity contribution in [2.24, 2.45) is 0 Å². The minimum atomic E-state index is -1.08. The summed E-state index contributed by atoms with van der Waals surface area (Å²) in [6, 6.07) is 11.9. The zero-order valence-corrected chi connectivity index (χ0v) is 13.5. The monoisotopic (exact) mass is 329 g/mol. The second-order valence-electron chi connectivity index (χ2n) is 5.20. The van der Waals surface area contributed by atoms with Crippen molar-refractivity contribution in [2.45, 2.75) is 13.8 Å². The summed E-state index contributed by atoms with van der Waals surface area (Å²) in [5.74, 6) is -1.42. The summed E-state index contributed by atoms with van der Waals surface area (Å²) >= 11 is 6.00. The third-order valence-electron chi connectivity index (χ3n) is 3.24. The predicted molar refractivity (Wildman–Crippen MR) is 91.9 cm³/mol. The summed E-state index contributed by atoms with van der Waals surface area (Å²) in [6.45, 7) is 3.66. The molecule has 0 saturated carbocycles. The Morgan fingerprint density at radius 2 is 1.91 bits per heavy atom. The highest BCUT2D eigenvalue weighted by molar-refractivity contribution is 6.34. The number of amides is 1. The number of carboxylic acid groups (broad SMARTS) is 1. The summed E-state index contributed by atoms with van der Waals surface area (Å²) in [7, 11) is 0. The van der Waals surface area contributed by atoms with Crippen molar-refractivity contribution < 1.29 is 14.7 Å². The first-order valence-corrected chi connectivity index (χ1v) is 7.34. The summed E-state index contributed by atoms with van der Waals surface area (Å²) in [4.78, 5) is 23.2. The molecule has 2 aromatic carbocycles. The van der Waals surface area contributed by atoms with E-state index in [4.69, 9.17) is 16.7 Å². The van der Waals surface area contributed by atoms with Gasteiger partial charge in [-0.15, -0.1) is 0 Å². The number of hydrogen-bond donors (Lipinski definition) is 2. The molecule has 0 atom stereocenters. The number of anilines is 1. The van der Waals surface area contributed by atoms with Crippen LogP contribution in [0.5, 0.6) is 0 Å². The first-order valence-electron chi connectivity index (χ1n) is 6.96. The second kappa shape index (κ2) is 7.11. The summed E-state index contributed by atoms with van der Waals surface area (Å²) < 4.78 is 0. The van der Waals surface area contributed by atoms with Gasteiger partial charge in [0.15, 0.2) is 0 Å². The van der Waals surface area contributed by atoms with E-state index in [-0.39, 0.29) is 22.2 Å². The van der Waals surface area contributed by atoms with Gasteiger partial charge in [-0.25, -0.2) is 4.79 Å². The van der Waals surface area contributed by atoms with Gasteiger partial charge in [0.1, 0.15) is 0 Å². The quantitative estimate of drug-likeness (QED) is 0.817. The van der Waals surface area contributed by atoms with Gasteiger partial charge in [-0.1, -0.05) is 41.4 Å². The smallest absolute Gasteiger partial charge is 0.335 e. The predicted octanol–water partition coefficient (Wildman–Crippen LogP) is 4.39. The van der Waals surface area contributed by atoms with Crippen molar-refractivity contribution in [3.8, 4) is 0 Å². The van der Waals surface area contributed by atoms with Crippen molar-refractivity contribution in [3.63, 3.8) is 0 Å². The first kappa shape index (κ1) is 16.8. The van der Waals surface area contributed by atoms with Crippen molar-refractivity contribution >= 4 is 35.2 Å². The molecule has 5 heteroatoms. The van der Waals surface area contributed by atoms with Gasteiger partial charge in [-0.05, 0) is 43.7 Å². The number of carbonyl (C=O) groups is 2. The average molecular weight is 330 g/mol. The molecule has 0 saturated heterocycles. The molecular formula is C18H16ClNO3. The van der Waals surface area contributed by atoms with Crippen LogP contribution in [0.3, 0.4) is 0 Å². The number of carboxylic acids is 1. The van der Waals surface area contributed by atoms with Gasteiger partial charge in [-0.2, -0.15) is 0 Å². The number of carbonyl (C=O) groups excluding carboxylic acids is 1. The highest BCUT2D eigenvalue weighted by atomic mass is 35.5. The third kappa shape index (κ3) is 4.44. The van der Waals surface area contributed by atoms with Crippen LogP contribution < -0.4 is 5.32 Å². The first-order chi connectivity index (χ1) is 10.9. The van der Waals surface area contributed by atoms with E-state index in [9.17, 15) is 9.59 Å². The van der Waals surface area contributed by atoms with Crippen molar-refractivity contribution in [1.29, 1.82) is 0 Å². The minimum absolute atomic E-state index is 0.0602. The van der Waals surface area contributed by atoms with Crippen LogP contribution in [0.4, 0.5) is 5.69 Å². The maximum Gasteiger partial charge on any atom is 0.335 e. The molecule has 0 aliphatic heterocycles. The largest absolute Gasteiger partial charge is 0.478 e. The molecule has 2 aromatic rings. The van der Waals surface area contributed by atoms with Crippen molar-refractivity contribution in [1.82, 2.24) is 0 Å². The molecule has 0 fully saturated rings. The molecule has 0 aliphatic rings. The number of rotatable bonds is 4. The van der Waals surface area contributed by atoms with E-state index < -0.39 is 5.97 Å². The van der Waals surface area contributed by atoms with Crippen molar-refractivity contribution in [3.05, 3.63) is 69.8 Å². The van der Waals surface area contributed by atoms with Crippen LogP contribution in [0.1, 0.15) is 28.4 Å². The molecule has 1 amide bonds. The SMILES string of the molecule is C/C(=C\c1cccc(C)c1)C(=O)Nc1cc(C(=O)O)ccc1Cl. The molecule has 0 radical (unpaired) electrons. The average Bonchev–Trinajstić information content (AvgIpc) is 2.49. The van der Waals surface area contributed by atoms with Crippen LogP contribution in [-0.4, -0.2) is 17.0 Å². The zero-order valence-electron chi connectivity index (χ0n) is 12.8. The van der Waals surface area contributed by atoms with E-state index in [1.807, 2.05) is 31.2 Å². The number of halogens is 1. The van der Waals surface area contributed by atoms with Crippen molar-refractivity contribution in [2.75, 3.05) is 5.32 Å². The number of nitrogens with one attached hydrogen (secondary N) is 1. The fourth-order valence-corrected chi connectivity index (χ4v) is 2.22. The Balaban J connectivity index is 2.21. The molecule has 0 aromatic heterocycles. The van der Waals surface area contributed by atoms with Gasteiger partial charge < -0.3 is 10.4 Å². The molecule has 2 rings (SSSR count). The van der Waals surface area contributed by atoms with Crippen LogP contribution in [0.15, 0.2) is 48.0 Å². The lowest BCUT2D eigenvalue weighted by atomic mass is 10.1. The molecule has 0 unspecified atom stereocenters. The lowest BCUT2D eigenvalue weighted by molar-refractivity contribution is -0.112. The number of benzene rings is 2. The van der Waals surface area contributed by atoms with E-state index in [2.05, 4.69) is 5.32 Å². The number of aryl methyl sites for hydroxylation is 1. The normalized spacial score (nSPS) is 11.2. The van der Waals surface area contributed by atoms with E-state index >= 15 is 0 Å². The van der Waals surface area contributed by atoms with E-state index in [1.54, 1.807) is 13.0 Å². The highest BCUT2D eigenvalue weighted by Gasteiger charge is 2.11. The fraction of sp³-hybridized carbons (Fsp3) is 0.111. The van der Waals surface area contributed by atoms with E-state index in [1.165, 1.54) is 18.2 Å². The maximum absolute atomic E-state index is 12.2. The lowest BCUT2D eigenvalue weighted by Gasteiger charge is -2.09. The van der Waals surface area contributed by atoms with Gasteiger partial charge in [0.25, 0.3) is 5.91 Å². The standard InChI is InChI=1S/C18H16ClNO3/c1-11-4-3-5-13(8-11)9-12(2)17(21)20-16-10-14(18(22)23)6-7-15(16)19/h3-10H,1-2H3,(H,20,21)(H,22,23)/b12-9+. The summed E-state index contributed by atoms with van der Waals surface area (Å²) in [5, 5.41) is 11.9. The van der Waals surface area contributed by atoms with Gasteiger partial charge in [0, 0.05) is 5.57 Å². The van der Waals surface area contributed by atoms with Crippen LogP contribution in [0.25, 0.3) is 6.08 Å².